The zero-order valence-electron chi connectivity index (χ0n) is 21.6. The largest absolute Gasteiger partial charge is 0.507 e. The van der Waals surface area contributed by atoms with Crippen LogP contribution in [0.1, 0.15) is 42.0 Å². The van der Waals surface area contributed by atoms with Gasteiger partial charge in [-0.15, -0.1) is 0 Å². The normalized spacial score (nSPS) is 30.4. The molecule has 12 heteroatoms. The molecule has 39 heavy (non-hydrogen) atoms. The monoisotopic (exact) mass is 543 g/mol. The summed E-state index contributed by atoms with van der Waals surface area (Å²) in [6, 6.07) is 1.49. The summed E-state index contributed by atoms with van der Waals surface area (Å²) in [4.78, 5) is 53.0. The van der Waals surface area contributed by atoms with E-state index in [9.17, 15) is 39.6 Å². The van der Waals surface area contributed by atoms with Crippen LogP contribution in [0.4, 0.5) is 4.79 Å². The lowest BCUT2D eigenvalue weighted by atomic mass is 9.56. The molecule has 0 spiro atoms. The molecule has 7 N–H and O–H groups in total. The van der Waals surface area contributed by atoms with Crippen LogP contribution in [-0.4, -0.2) is 86.8 Å². The highest BCUT2D eigenvalue weighted by atomic mass is 16.5. The van der Waals surface area contributed by atoms with E-state index < -0.39 is 52.7 Å². The van der Waals surface area contributed by atoms with Crippen LogP contribution in [0.25, 0.3) is 5.76 Å². The van der Waals surface area contributed by atoms with Crippen molar-refractivity contribution in [1.29, 1.82) is 0 Å². The van der Waals surface area contributed by atoms with E-state index in [1.54, 1.807) is 11.0 Å². The van der Waals surface area contributed by atoms with Gasteiger partial charge in [0.25, 0.3) is 0 Å². The van der Waals surface area contributed by atoms with Crippen molar-refractivity contribution in [1.82, 2.24) is 10.2 Å². The second-order valence-electron chi connectivity index (χ2n) is 10.7. The first-order chi connectivity index (χ1) is 18.5. The zero-order chi connectivity index (χ0) is 28.2. The Bertz CT molecular complexity index is 1290. The number of carbonyl (C=O) groups excluding carboxylic acids is 4. The molecule has 1 aromatic carbocycles. The first-order valence-corrected chi connectivity index (χ1v) is 13.2. The average Bonchev–Trinajstić information content (AvgIpc) is 2.90. The van der Waals surface area contributed by atoms with Crippen LogP contribution >= 0.6 is 0 Å². The highest BCUT2D eigenvalue weighted by Crippen LogP contribution is 2.52. The number of rotatable bonds is 4. The van der Waals surface area contributed by atoms with Crippen molar-refractivity contribution in [3.8, 4) is 5.75 Å². The number of aliphatic hydroxyl groups excluding tert-OH is 2. The number of ether oxygens (including phenoxy) is 1. The van der Waals surface area contributed by atoms with Gasteiger partial charge in [0.15, 0.2) is 11.4 Å². The van der Waals surface area contributed by atoms with Gasteiger partial charge in [-0.1, -0.05) is 13.0 Å². The van der Waals surface area contributed by atoms with Gasteiger partial charge in [0.1, 0.15) is 17.4 Å². The number of ketones is 2. The van der Waals surface area contributed by atoms with E-state index in [1.165, 1.54) is 0 Å². The van der Waals surface area contributed by atoms with Crippen molar-refractivity contribution in [2.24, 2.45) is 23.5 Å². The van der Waals surface area contributed by atoms with Gasteiger partial charge in [-0.3, -0.25) is 14.4 Å². The van der Waals surface area contributed by atoms with E-state index in [0.717, 1.165) is 0 Å². The van der Waals surface area contributed by atoms with E-state index >= 15 is 0 Å². The number of phenolic OH excluding ortho intramolecular Hbond substituents is 1. The summed E-state index contributed by atoms with van der Waals surface area (Å²) in [5.41, 5.74) is 4.20. The number of hydrogen-bond donors (Lipinski definition) is 6. The molecule has 12 nitrogen and oxygen atoms in total. The number of Topliss-reactive ketones (excluding diaryl/α,β-unsaturated/α-hetero) is 2. The number of nitrogens with zero attached hydrogens (tertiary/aromatic N) is 1. The van der Waals surface area contributed by atoms with E-state index in [2.05, 4.69) is 5.32 Å². The van der Waals surface area contributed by atoms with Gasteiger partial charge in [0.2, 0.25) is 11.7 Å². The number of aliphatic hydroxyl groups is 3. The second-order valence-corrected chi connectivity index (χ2v) is 10.7. The van der Waals surface area contributed by atoms with Gasteiger partial charge < -0.3 is 41.1 Å². The van der Waals surface area contributed by atoms with Gasteiger partial charge in [-0.2, -0.15) is 0 Å². The number of nitrogens with one attached hydrogen (secondary N) is 1. The lowest BCUT2D eigenvalue weighted by Crippen LogP contribution is -2.66. The van der Waals surface area contributed by atoms with Crippen LogP contribution in [0.15, 0.2) is 11.6 Å². The van der Waals surface area contributed by atoms with Crippen LogP contribution in [0.5, 0.6) is 5.75 Å². The number of fused-ring (bicyclic) bond motifs is 3. The molecule has 1 saturated heterocycles. The minimum atomic E-state index is -2.62. The van der Waals surface area contributed by atoms with Gasteiger partial charge >= 0.3 is 6.03 Å². The molecule has 0 radical (unpaired) electrons. The van der Waals surface area contributed by atoms with E-state index in [-0.39, 0.29) is 48.7 Å². The molecule has 5 rings (SSSR count). The van der Waals surface area contributed by atoms with Crippen molar-refractivity contribution < 1.29 is 44.3 Å². The fourth-order valence-corrected chi connectivity index (χ4v) is 6.61. The number of phenols is 1. The number of amides is 3. The topological polar surface area (TPSA) is 200 Å². The smallest absolute Gasteiger partial charge is 0.317 e. The third-order valence-electron chi connectivity index (χ3n) is 8.66. The summed E-state index contributed by atoms with van der Waals surface area (Å²) in [5, 5.41) is 47.1. The van der Waals surface area contributed by atoms with Crippen molar-refractivity contribution in [3.63, 3.8) is 0 Å². The number of aromatic hydroxyl groups is 1. The SMILES string of the molecule is CCc1cc(CNC(=O)N2CCOCC2)c2c(c1O)C(O)=C1C(=O)[C@]3(O)C(=O)C(C(N)=O)C(O)C[C@@H]3C[C@@H]1C2. The molecule has 1 heterocycles. The maximum atomic E-state index is 13.7. The van der Waals surface area contributed by atoms with E-state index in [1.807, 2.05) is 6.92 Å². The van der Waals surface area contributed by atoms with Gasteiger partial charge in [-0.25, -0.2) is 4.79 Å². The molecule has 0 aromatic heterocycles. The molecule has 1 aliphatic heterocycles. The lowest BCUT2D eigenvalue weighted by molar-refractivity contribution is -0.174. The van der Waals surface area contributed by atoms with Crippen molar-refractivity contribution in [3.05, 3.63) is 33.9 Å². The highest BCUT2D eigenvalue weighted by Gasteiger charge is 2.64. The molecule has 0 bridgehead atoms. The predicted molar refractivity (Wildman–Crippen MR) is 135 cm³/mol. The molecule has 3 amide bonds. The Labute approximate surface area is 224 Å². The molecule has 3 fully saturated rings. The molecule has 2 saturated carbocycles. The first-order valence-electron chi connectivity index (χ1n) is 13.2. The highest BCUT2D eigenvalue weighted by molar-refractivity contribution is 6.24. The first kappa shape index (κ1) is 27.1. The van der Waals surface area contributed by atoms with Crippen LogP contribution in [0.2, 0.25) is 0 Å². The quantitative estimate of drug-likeness (QED) is 0.276. The van der Waals surface area contributed by atoms with Crippen molar-refractivity contribution in [2.75, 3.05) is 26.3 Å². The molecular weight excluding hydrogens is 510 g/mol. The number of nitrogens with two attached hydrogens (primary N) is 1. The third kappa shape index (κ3) is 4.17. The average molecular weight is 544 g/mol. The summed E-state index contributed by atoms with van der Waals surface area (Å²) >= 11 is 0. The summed E-state index contributed by atoms with van der Waals surface area (Å²) in [7, 11) is 0. The van der Waals surface area contributed by atoms with Gasteiger partial charge in [-0.05, 0) is 48.3 Å². The standard InChI is InChI=1S/C27H33N3O9/c1-2-12-7-14(11-29-26(37)30-3-5-39-6-4-30)16-9-13-8-15-10-17(31)20(25(28)36)24(35)27(15,38)23(34)18(13)22(33)19(16)21(12)32/h7,13,15,17,20,31-33,38H,2-6,8-11H2,1H3,(H2,28,36)(H,29,37)/t13-,15+,17?,20?,27+/m1/s1. The predicted octanol–water partition coefficient (Wildman–Crippen LogP) is -0.307. The maximum Gasteiger partial charge on any atom is 0.317 e. The Hall–Kier alpha value is -3.48. The Morgan fingerprint density at radius 3 is 2.51 bits per heavy atom. The van der Waals surface area contributed by atoms with Crippen LogP contribution < -0.4 is 11.1 Å². The zero-order valence-corrected chi connectivity index (χ0v) is 21.6. The number of urea groups is 1. The minimum absolute atomic E-state index is 0.0290. The third-order valence-corrected chi connectivity index (χ3v) is 8.66. The number of hydrogen-bond acceptors (Lipinski definition) is 9. The summed E-state index contributed by atoms with van der Waals surface area (Å²) in [6.45, 7) is 3.74. The molecular formula is C27H33N3O9. The number of benzene rings is 1. The molecule has 4 aliphatic rings. The Morgan fingerprint density at radius 1 is 1.18 bits per heavy atom. The van der Waals surface area contributed by atoms with Crippen LogP contribution in [0.3, 0.4) is 0 Å². The summed E-state index contributed by atoms with van der Waals surface area (Å²) in [5.74, 6) is -7.48. The van der Waals surface area contributed by atoms with Crippen LogP contribution in [-0.2, 0) is 38.5 Å². The van der Waals surface area contributed by atoms with Gasteiger partial charge in [0.05, 0.1) is 24.9 Å². The van der Waals surface area contributed by atoms with Crippen LogP contribution in [0, 0.1) is 17.8 Å². The second kappa shape index (κ2) is 9.92. The summed E-state index contributed by atoms with van der Waals surface area (Å²) < 4.78 is 5.29. The maximum absolute atomic E-state index is 13.7. The number of primary amides is 1. The molecule has 1 aromatic rings. The Morgan fingerprint density at radius 2 is 1.87 bits per heavy atom. The van der Waals surface area contributed by atoms with Crippen molar-refractivity contribution >= 4 is 29.3 Å². The minimum Gasteiger partial charge on any atom is -0.507 e. The summed E-state index contributed by atoms with van der Waals surface area (Å²) in [6.07, 6.45) is -0.972. The van der Waals surface area contributed by atoms with E-state index in [0.29, 0.717) is 49.4 Å². The van der Waals surface area contributed by atoms with Gasteiger partial charge in [0, 0.05) is 31.1 Å². The Kier molecular flexibility index (Phi) is 6.90. The molecule has 2 unspecified atom stereocenters. The van der Waals surface area contributed by atoms with Crippen molar-refractivity contribution in [2.45, 2.75) is 50.9 Å². The number of aryl methyl sites for hydroxylation is 1. The number of carbonyl (C=O) groups is 4. The number of morpholine rings is 1. The molecule has 210 valence electrons. The molecule has 5 atom stereocenters. The Balaban J connectivity index is 1.54. The lowest BCUT2D eigenvalue weighted by Gasteiger charge is -2.48. The fraction of sp³-hybridized carbons (Fsp3) is 0.556. The molecule has 3 aliphatic carbocycles. The van der Waals surface area contributed by atoms with E-state index in [4.69, 9.17) is 10.5 Å². The fourth-order valence-electron chi connectivity index (χ4n) is 6.61.